The summed E-state index contributed by atoms with van der Waals surface area (Å²) < 4.78 is 25.9. The predicted molar refractivity (Wildman–Crippen MR) is 67.4 cm³/mol. The number of rotatable bonds is 6. The van der Waals surface area contributed by atoms with Gasteiger partial charge in [-0.05, 0) is 25.0 Å². The van der Waals surface area contributed by atoms with Crippen LogP contribution in [-0.4, -0.2) is 18.5 Å². The first kappa shape index (κ1) is 14.4. The minimum absolute atomic E-state index is 0.0287. The van der Waals surface area contributed by atoms with Gasteiger partial charge >= 0.3 is 0 Å². The maximum atomic E-state index is 13.3. The summed E-state index contributed by atoms with van der Waals surface area (Å²) in [6.45, 7) is 3.95. The quantitative estimate of drug-likeness (QED) is 0.821. The lowest BCUT2D eigenvalue weighted by atomic mass is 10.2. The molecule has 1 rings (SSSR count). The van der Waals surface area contributed by atoms with Crippen molar-refractivity contribution in [2.75, 3.05) is 11.9 Å². The van der Waals surface area contributed by atoms with Crippen LogP contribution in [0, 0.1) is 11.6 Å². The van der Waals surface area contributed by atoms with Gasteiger partial charge in [0.05, 0.1) is 12.2 Å². The third-order valence-electron chi connectivity index (χ3n) is 2.72. The number of hydrogen-bond acceptors (Lipinski definition) is 2. The first-order chi connectivity index (χ1) is 8.56. The van der Waals surface area contributed by atoms with E-state index in [4.69, 9.17) is 0 Å². The number of amides is 1. The molecule has 0 saturated carbocycles. The van der Waals surface area contributed by atoms with Crippen LogP contribution < -0.4 is 10.6 Å². The molecule has 0 aliphatic carbocycles. The Kier molecular flexibility index (Phi) is 5.55. The Morgan fingerprint density at radius 3 is 2.50 bits per heavy atom. The standard InChI is InChI=1S/C13H18F2N2O/c1-3-10(4-2)17-13(18)8-16-12-6-5-9(14)7-11(12)15/h5-7,10,16H,3-4,8H2,1-2H3,(H,17,18). The van der Waals surface area contributed by atoms with Gasteiger partial charge in [-0.25, -0.2) is 8.78 Å². The second-order valence-corrected chi connectivity index (χ2v) is 4.06. The number of carbonyl (C=O) groups is 1. The summed E-state index contributed by atoms with van der Waals surface area (Å²) in [5.74, 6) is -1.54. The summed E-state index contributed by atoms with van der Waals surface area (Å²) in [5, 5.41) is 5.46. The highest BCUT2D eigenvalue weighted by Gasteiger charge is 2.09. The van der Waals surface area contributed by atoms with Crippen LogP contribution in [0.15, 0.2) is 18.2 Å². The summed E-state index contributed by atoms with van der Waals surface area (Å²) >= 11 is 0. The molecule has 0 atom stereocenters. The molecule has 0 bridgehead atoms. The lowest BCUT2D eigenvalue weighted by Crippen LogP contribution is -2.37. The highest BCUT2D eigenvalue weighted by molar-refractivity contribution is 5.80. The summed E-state index contributed by atoms with van der Waals surface area (Å²) in [6, 6.07) is 3.33. The number of nitrogens with one attached hydrogen (secondary N) is 2. The summed E-state index contributed by atoms with van der Waals surface area (Å²) in [6.07, 6.45) is 1.71. The molecule has 0 aliphatic heterocycles. The Balaban J connectivity index is 2.47. The highest BCUT2D eigenvalue weighted by atomic mass is 19.1. The molecule has 100 valence electrons. The first-order valence-electron chi connectivity index (χ1n) is 6.05. The molecule has 1 aromatic carbocycles. The molecule has 0 saturated heterocycles. The maximum absolute atomic E-state index is 13.3. The van der Waals surface area contributed by atoms with Gasteiger partial charge in [0.15, 0.2) is 0 Å². The molecule has 0 aliphatic rings. The van der Waals surface area contributed by atoms with E-state index in [1.165, 1.54) is 6.07 Å². The molecule has 1 aromatic rings. The Bertz CT molecular complexity index is 406. The van der Waals surface area contributed by atoms with Crippen molar-refractivity contribution in [3.63, 3.8) is 0 Å². The number of anilines is 1. The number of benzene rings is 1. The van der Waals surface area contributed by atoms with Gasteiger partial charge in [-0.1, -0.05) is 13.8 Å². The third-order valence-corrected chi connectivity index (χ3v) is 2.72. The average Bonchev–Trinajstić information content (AvgIpc) is 2.35. The minimum atomic E-state index is -0.703. The molecule has 0 spiro atoms. The fourth-order valence-corrected chi connectivity index (χ4v) is 1.58. The van der Waals surface area contributed by atoms with Gasteiger partial charge in [0, 0.05) is 12.1 Å². The van der Waals surface area contributed by atoms with Gasteiger partial charge in [-0.15, -0.1) is 0 Å². The molecule has 3 nitrogen and oxygen atoms in total. The molecule has 5 heteroatoms. The predicted octanol–water partition coefficient (Wildman–Crippen LogP) is 2.68. The Labute approximate surface area is 106 Å². The van der Waals surface area contributed by atoms with Crippen molar-refractivity contribution in [2.24, 2.45) is 0 Å². The van der Waals surface area contributed by atoms with E-state index >= 15 is 0 Å². The Morgan fingerprint density at radius 2 is 1.94 bits per heavy atom. The van der Waals surface area contributed by atoms with E-state index in [1.54, 1.807) is 0 Å². The van der Waals surface area contributed by atoms with Crippen LogP contribution in [0.4, 0.5) is 14.5 Å². The smallest absolute Gasteiger partial charge is 0.239 e. The van der Waals surface area contributed by atoms with E-state index in [-0.39, 0.29) is 24.2 Å². The second kappa shape index (κ2) is 6.93. The van der Waals surface area contributed by atoms with Crippen LogP contribution in [-0.2, 0) is 4.79 Å². The normalized spacial score (nSPS) is 10.5. The van der Waals surface area contributed by atoms with Gasteiger partial charge in [0.25, 0.3) is 0 Å². The van der Waals surface area contributed by atoms with Crippen molar-refractivity contribution in [3.05, 3.63) is 29.8 Å². The Morgan fingerprint density at radius 1 is 1.28 bits per heavy atom. The lowest BCUT2D eigenvalue weighted by molar-refractivity contribution is -0.120. The van der Waals surface area contributed by atoms with Crippen molar-refractivity contribution in [3.8, 4) is 0 Å². The number of hydrogen-bond donors (Lipinski definition) is 2. The zero-order valence-corrected chi connectivity index (χ0v) is 10.6. The van der Waals surface area contributed by atoms with E-state index in [0.29, 0.717) is 0 Å². The van der Waals surface area contributed by atoms with Crippen LogP contribution in [0.2, 0.25) is 0 Å². The summed E-state index contributed by atoms with van der Waals surface area (Å²) in [4.78, 5) is 11.6. The third kappa shape index (κ3) is 4.31. The summed E-state index contributed by atoms with van der Waals surface area (Å²) in [5.41, 5.74) is 0.121. The van der Waals surface area contributed by atoms with Crippen molar-refractivity contribution < 1.29 is 13.6 Å². The van der Waals surface area contributed by atoms with Crippen molar-refractivity contribution >= 4 is 11.6 Å². The van der Waals surface area contributed by atoms with E-state index in [0.717, 1.165) is 25.0 Å². The van der Waals surface area contributed by atoms with Crippen LogP contribution in [0.3, 0.4) is 0 Å². The van der Waals surface area contributed by atoms with E-state index < -0.39 is 11.6 Å². The summed E-state index contributed by atoms with van der Waals surface area (Å²) in [7, 11) is 0. The molecule has 0 unspecified atom stereocenters. The van der Waals surface area contributed by atoms with Crippen LogP contribution >= 0.6 is 0 Å². The number of halogens is 2. The van der Waals surface area contributed by atoms with Gasteiger partial charge in [-0.3, -0.25) is 4.79 Å². The van der Waals surface area contributed by atoms with Crippen LogP contribution in [0.25, 0.3) is 0 Å². The molecular formula is C13H18F2N2O. The van der Waals surface area contributed by atoms with Gasteiger partial charge < -0.3 is 10.6 Å². The zero-order chi connectivity index (χ0) is 13.5. The zero-order valence-electron chi connectivity index (χ0n) is 10.6. The first-order valence-corrected chi connectivity index (χ1v) is 6.05. The van der Waals surface area contributed by atoms with Crippen LogP contribution in [0.5, 0.6) is 0 Å². The molecule has 0 fully saturated rings. The maximum Gasteiger partial charge on any atom is 0.239 e. The monoisotopic (exact) mass is 256 g/mol. The Hall–Kier alpha value is -1.65. The fraction of sp³-hybridized carbons (Fsp3) is 0.462. The second-order valence-electron chi connectivity index (χ2n) is 4.06. The number of carbonyl (C=O) groups excluding carboxylic acids is 1. The van der Waals surface area contributed by atoms with Crippen molar-refractivity contribution in [1.82, 2.24) is 5.32 Å². The van der Waals surface area contributed by atoms with Gasteiger partial charge in [0.1, 0.15) is 11.6 Å². The largest absolute Gasteiger partial charge is 0.374 e. The van der Waals surface area contributed by atoms with E-state index in [2.05, 4.69) is 10.6 Å². The van der Waals surface area contributed by atoms with Crippen LogP contribution in [0.1, 0.15) is 26.7 Å². The molecule has 0 heterocycles. The molecule has 0 radical (unpaired) electrons. The van der Waals surface area contributed by atoms with Gasteiger partial charge in [-0.2, -0.15) is 0 Å². The minimum Gasteiger partial charge on any atom is -0.374 e. The lowest BCUT2D eigenvalue weighted by Gasteiger charge is -2.15. The SMILES string of the molecule is CCC(CC)NC(=O)CNc1ccc(F)cc1F. The molecule has 2 N–H and O–H groups in total. The van der Waals surface area contributed by atoms with E-state index in [9.17, 15) is 13.6 Å². The molecule has 0 aromatic heterocycles. The topological polar surface area (TPSA) is 41.1 Å². The van der Waals surface area contributed by atoms with Crippen molar-refractivity contribution in [2.45, 2.75) is 32.7 Å². The molecule has 18 heavy (non-hydrogen) atoms. The molecule has 1 amide bonds. The average molecular weight is 256 g/mol. The van der Waals surface area contributed by atoms with Crippen molar-refractivity contribution in [1.29, 1.82) is 0 Å². The highest BCUT2D eigenvalue weighted by Crippen LogP contribution is 2.14. The van der Waals surface area contributed by atoms with Gasteiger partial charge in [0.2, 0.25) is 5.91 Å². The fourth-order valence-electron chi connectivity index (χ4n) is 1.58. The van der Waals surface area contributed by atoms with E-state index in [1.807, 2.05) is 13.8 Å². The molecular weight excluding hydrogens is 238 g/mol.